The summed E-state index contributed by atoms with van der Waals surface area (Å²) in [7, 11) is -3.16. The molecule has 3 nitrogen and oxygen atoms in total. The number of aryl methyl sites for hydroxylation is 1. The van der Waals surface area contributed by atoms with Crippen LogP contribution in [0.25, 0.3) is 11.1 Å². The van der Waals surface area contributed by atoms with Crippen LogP contribution in [0, 0.1) is 0 Å². The number of benzene rings is 1. The first-order chi connectivity index (χ1) is 9.00. The Bertz CT molecular complexity index is 661. The van der Waals surface area contributed by atoms with Crippen molar-refractivity contribution in [2.45, 2.75) is 24.8 Å². The van der Waals surface area contributed by atoms with Crippen molar-refractivity contribution in [3.05, 3.63) is 48.8 Å². The standard InChI is InChI=1S/C15H18NO2S/c1-3-9-16-10-7-13(8-11-16)14-5-4-6-15(12-14)19(2,17)18/h4-8,10-12H,3,9H2,1-2H3/q+1. The summed E-state index contributed by atoms with van der Waals surface area (Å²) in [5.41, 5.74) is 1.95. The minimum Gasteiger partial charge on any atom is -0.224 e. The van der Waals surface area contributed by atoms with E-state index in [2.05, 4.69) is 11.5 Å². The monoisotopic (exact) mass is 276 g/mol. The highest BCUT2D eigenvalue weighted by Crippen LogP contribution is 2.21. The molecule has 0 radical (unpaired) electrons. The van der Waals surface area contributed by atoms with Crippen LogP contribution in [0.5, 0.6) is 0 Å². The van der Waals surface area contributed by atoms with Gasteiger partial charge in [-0.2, -0.15) is 0 Å². The summed E-state index contributed by atoms with van der Waals surface area (Å²) < 4.78 is 25.2. The van der Waals surface area contributed by atoms with Crippen LogP contribution in [0.4, 0.5) is 0 Å². The molecule has 0 aliphatic rings. The van der Waals surface area contributed by atoms with Crippen LogP contribution >= 0.6 is 0 Å². The van der Waals surface area contributed by atoms with Crippen molar-refractivity contribution in [3.8, 4) is 11.1 Å². The molecule has 2 aromatic rings. The van der Waals surface area contributed by atoms with Gasteiger partial charge in [-0.05, 0) is 23.3 Å². The predicted molar refractivity (Wildman–Crippen MR) is 75.5 cm³/mol. The van der Waals surface area contributed by atoms with E-state index < -0.39 is 9.84 Å². The van der Waals surface area contributed by atoms with Crippen LogP contribution in [-0.2, 0) is 16.4 Å². The quantitative estimate of drug-likeness (QED) is 0.805. The van der Waals surface area contributed by atoms with Crippen LogP contribution in [-0.4, -0.2) is 14.7 Å². The molecule has 0 saturated carbocycles. The molecule has 0 bridgehead atoms. The fourth-order valence-electron chi connectivity index (χ4n) is 1.96. The predicted octanol–water partition coefficient (Wildman–Crippen LogP) is 2.45. The van der Waals surface area contributed by atoms with Crippen molar-refractivity contribution in [3.63, 3.8) is 0 Å². The Morgan fingerprint density at radius 3 is 2.32 bits per heavy atom. The SMILES string of the molecule is CCC[n+]1ccc(-c2cccc(S(C)(=O)=O)c2)cc1. The Hall–Kier alpha value is -1.68. The molecule has 0 N–H and O–H groups in total. The van der Waals surface area contributed by atoms with E-state index in [1.165, 1.54) is 6.26 Å². The zero-order valence-corrected chi connectivity index (χ0v) is 12.0. The molecule has 0 spiro atoms. The summed E-state index contributed by atoms with van der Waals surface area (Å²) in [5, 5.41) is 0. The molecule has 2 rings (SSSR count). The molecule has 0 fully saturated rings. The minimum absolute atomic E-state index is 0.357. The highest BCUT2D eigenvalue weighted by molar-refractivity contribution is 7.90. The van der Waals surface area contributed by atoms with Gasteiger partial charge in [-0.3, -0.25) is 0 Å². The van der Waals surface area contributed by atoms with Crippen molar-refractivity contribution in [1.29, 1.82) is 0 Å². The summed E-state index contributed by atoms with van der Waals surface area (Å²) in [5.74, 6) is 0. The molecule has 0 aliphatic carbocycles. The number of sulfone groups is 1. The van der Waals surface area contributed by atoms with Crippen LogP contribution in [0.2, 0.25) is 0 Å². The molecule has 0 amide bonds. The van der Waals surface area contributed by atoms with Gasteiger partial charge in [0.05, 0.1) is 4.90 Å². The second-order valence-electron chi connectivity index (χ2n) is 4.62. The van der Waals surface area contributed by atoms with Crippen molar-refractivity contribution >= 4 is 9.84 Å². The minimum atomic E-state index is -3.16. The lowest BCUT2D eigenvalue weighted by atomic mass is 10.1. The molecule has 1 aromatic carbocycles. The summed E-state index contributed by atoms with van der Waals surface area (Å²) in [6.07, 6.45) is 6.36. The highest BCUT2D eigenvalue weighted by atomic mass is 32.2. The van der Waals surface area contributed by atoms with Gasteiger partial charge in [0.25, 0.3) is 0 Å². The molecule has 100 valence electrons. The molecule has 0 atom stereocenters. The average molecular weight is 276 g/mol. The van der Waals surface area contributed by atoms with Gasteiger partial charge in [-0.15, -0.1) is 0 Å². The van der Waals surface area contributed by atoms with Crippen molar-refractivity contribution < 1.29 is 13.0 Å². The van der Waals surface area contributed by atoms with Crippen LogP contribution in [0.1, 0.15) is 13.3 Å². The number of hydrogen-bond donors (Lipinski definition) is 0. The number of aromatic nitrogens is 1. The number of hydrogen-bond acceptors (Lipinski definition) is 2. The highest BCUT2D eigenvalue weighted by Gasteiger charge is 2.09. The topological polar surface area (TPSA) is 38.0 Å². The van der Waals surface area contributed by atoms with Gasteiger partial charge in [-0.1, -0.05) is 19.1 Å². The second-order valence-corrected chi connectivity index (χ2v) is 6.64. The van der Waals surface area contributed by atoms with Gasteiger partial charge in [0.1, 0.15) is 6.54 Å². The molecule has 1 aromatic heterocycles. The Morgan fingerprint density at radius 1 is 1.05 bits per heavy atom. The Morgan fingerprint density at radius 2 is 1.74 bits per heavy atom. The van der Waals surface area contributed by atoms with E-state index in [9.17, 15) is 8.42 Å². The van der Waals surface area contributed by atoms with E-state index in [0.29, 0.717) is 4.90 Å². The maximum atomic E-state index is 11.6. The molecule has 0 unspecified atom stereocenters. The summed E-state index contributed by atoms with van der Waals surface area (Å²) in [6, 6.07) is 11.1. The number of rotatable bonds is 4. The first-order valence-corrected chi connectivity index (χ1v) is 8.19. The Balaban J connectivity index is 2.36. The summed E-state index contributed by atoms with van der Waals surface area (Å²) in [6.45, 7) is 3.13. The molecule has 0 aliphatic heterocycles. The smallest absolute Gasteiger partial charge is 0.175 e. The fourth-order valence-corrected chi connectivity index (χ4v) is 2.63. The van der Waals surface area contributed by atoms with Gasteiger partial charge in [0, 0.05) is 24.8 Å². The maximum Gasteiger partial charge on any atom is 0.175 e. The summed E-state index contributed by atoms with van der Waals surface area (Å²) >= 11 is 0. The van der Waals surface area contributed by atoms with Crippen LogP contribution < -0.4 is 4.57 Å². The van der Waals surface area contributed by atoms with E-state index in [1.54, 1.807) is 18.2 Å². The van der Waals surface area contributed by atoms with E-state index in [0.717, 1.165) is 24.1 Å². The van der Waals surface area contributed by atoms with Crippen molar-refractivity contribution in [1.82, 2.24) is 0 Å². The van der Waals surface area contributed by atoms with E-state index >= 15 is 0 Å². The lowest BCUT2D eigenvalue weighted by Crippen LogP contribution is -2.31. The second kappa shape index (κ2) is 5.53. The van der Waals surface area contributed by atoms with Gasteiger partial charge in [0.2, 0.25) is 0 Å². The molecule has 0 saturated heterocycles. The van der Waals surface area contributed by atoms with E-state index in [4.69, 9.17) is 0 Å². The molecule has 1 heterocycles. The first-order valence-electron chi connectivity index (χ1n) is 6.30. The van der Waals surface area contributed by atoms with Crippen LogP contribution in [0.15, 0.2) is 53.7 Å². The third-order valence-electron chi connectivity index (χ3n) is 2.97. The van der Waals surface area contributed by atoms with Gasteiger partial charge < -0.3 is 0 Å². The fraction of sp³-hybridized carbons (Fsp3) is 0.267. The molecule has 19 heavy (non-hydrogen) atoms. The molecule has 4 heteroatoms. The first kappa shape index (κ1) is 13.7. The van der Waals surface area contributed by atoms with Gasteiger partial charge in [-0.25, -0.2) is 13.0 Å². The van der Waals surface area contributed by atoms with Crippen LogP contribution in [0.3, 0.4) is 0 Å². The molecular weight excluding hydrogens is 258 g/mol. The van der Waals surface area contributed by atoms with Gasteiger partial charge >= 0.3 is 0 Å². The van der Waals surface area contributed by atoms with Crippen molar-refractivity contribution in [2.75, 3.05) is 6.26 Å². The Kier molecular flexibility index (Phi) is 4.00. The zero-order chi connectivity index (χ0) is 13.9. The largest absolute Gasteiger partial charge is 0.224 e. The lowest BCUT2D eigenvalue weighted by molar-refractivity contribution is -0.696. The number of nitrogens with zero attached hydrogens (tertiary/aromatic N) is 1. The molecular formula is C15H18NO2S+. The van der Waals surface area contributed by atoms with E-state index in [-0.39, 0.29) is 0 Å². The lowest BCUT2D eigenvalue weighted by Gasteiger charge is -2.04. The third-order valence-corrected chi connectivity index (χ3v) is 4.08. The Labute approximate surface area is 114 Å². The normalized spacial score (nSPS) is 11.5. The van der Waals surface area contributed by atoms with Crippen molar-refractivity contribution in [2.24, 2.45) is 0 Å². The van der Waals surface area contributed by atoms with Gasteiger partial charge in [0.15, 0.2) is 22.2 Å². The van der Waals surface area contributed by atoms with E-state index in [1.807, 2.05) is 30.6 Å². The maximum absolute atomic E-state index is 11.6. The third kappa shape index (κ3) is 3.41. The summed E-state index contributed by atoms with van der Waals surface area (Å²) in [4.78, 5) is 0.357. The zero-order valence-electron chi connectivity index (χ0n) is 11.2. The number of pyridine rings is 1. The average Bonchev–Trinajstić information content (AvgIpc) is 2.39.